The Bertz CT molecular complexity index is 349. The molecule has 10 heteroatoms. The first kappa shape index (κ1) is 18.1. The van der Waals surface area contributed by atoms with Crippen LogP contribution in [0, 0.1) is 5.41 Å². The highest BCUT2D eigenvalue weighted by molar-refractivity contribution is 5.75. The van der Waals surface area contributed by atoms with Crippen LogP contribution >= 0.6 is 0 Å². The average molecular weight is 291 g/mol. The zero-order valence-corrected chi connectivity index (χ0v) is 11.1. The molecule has 0 aromatic rings. The van der Waals surface area contributed by atoms with Gasteiger partial charge in [0.25, 0.3) is 0 Å². The van der Waals surface area contributed by atoms with Crippen molar-refractivity contribution in [2.24, 2.45) is 5.73 Å². The second kappa shape index (κ2) is 9.07. The Balaban J connectivity index is 4.23. The molecule has 0 amide bonds. The molecule has 0 radical (unpaired) electrons. The average Bonchev–Trinajstić information content (AvgIpc) is 2.30. The van der Waals surface area contributed by atoms with E-state index < -0.39 is 30.1 Å². The highest BCUT2D eigenvalue weighted by atomic mass is 16.4. The maximum absolute atomic E-state index is 11.0. The van der Waals surface area contributed by atoms with Gasteiger partial charge in [-0.25, -0.2) is 10.9 Å². The molecule has 0 spiro atoms. The molecule has 116 valence electrons. The first-order valence-electron chi connectivity index (χ1n) is 5.98. The minimum absolute atomic E-state index is 0.189. The third-order valence-electron chi connectivity index (χ3n) is 2.44. The number of aliphatic carboxylic acids is 2. The van der Waals surface area contributed by atoms with Gasteiger partial charge in [0.15, 0.2) is 5.96 Å². The summed E-state index contributed by atoms with van der Waals surface area (Å²) in [6, 6.07) is -2.34. The van der Waals surface area contributed by atoms with Gasteiger partial charge in [0.1, 0.15) is 12.1 Å². The summed E-state index contributed by atoms with van der Waals surface area (Å²) >= 11 is 0. The van der Waals surface area contributed by atoms with Gasteiger partial charge in [-0.05, 0) is 19.8 Å². The summed E-state index contributed by atoms with van der Waals surface area (Å²) in [4.78, 5) is 21.8. The number of rotatable bonds is 10. The molecule has 0 bridgehead atoms. The number of nitrogens with two attached hydrogens (primary N) is 1. The Morgan fingerprint density at radius 1 is 1.25 bits per heavy atom. The smallest absolute Gasteiger partial charge is 0.324 e. The summed E-state index contributed by atoms with van der Waals surface area (Å²) in [6.45, 7) is 1.61. The molecule has 0 rings (SSSR count). The van der Waals surface area contributed by atoms with Crippen LogP contribution < -0.4 is 21.9 Å². The van der Waals surface area contributed by atoms with Gasteiger partial charge < -0.3 is 26.4 Å². The van der Waals surface area contributed by atoms with Crippen LogP contribution in [0.25, 0.3) is 0 Å². The lowest BCUT2D eigenvalue weighted by Crippen LogP contribution is -2.56. The molecular formula is C10H21N5O5. The number of hydrazine groups is 1. The van der Waals surface area contributed by atoms with Gasteiger partial charge in [-0.15, -0.1) is 0 Å². The first-order valence-corrected chi connectivity index (χ1v) is 5.98. The van der Waals surface area contributed by atoms with Crippen molar-refractivity contribution in [3.63, 3.8) is 0 Å². The van der Waals surface area contributed by atoms with Crippen LogP contribution in [0.3, 0.4) is 0 Å². The quantitative estimate of drug-likeness (QED) is 0.0943. The van der Waals surface area contributed by atoms with Crippen LogP contribution in [0.15, 0.2) is 0 Å². The van der Waals surface area contributed by atoms with E-state index in [-0.39, 0.29) is 12.4 Å². The number of carboxylic acid groups (broad SMARTS) is 2. The van der Waals surface area contributed by atoms with Gasteiger partial charge in [-0.3, -0.25) is 15.0 Å². The third kappa shape index (κ3) is 7.51. The fourth-order valence-electron chi connectivity index (χ4n) is 1.37. The lowest BCUT2D eigenvalue weighted by Gasteiger charge is -2.21. The molecule has 20 heavy (non-hydrogen) atoms. The lowest BCUT2D eigenvalue weighted by atomic mass is 10.1. The number of carbonyl (C=O) groups is 2. The highest BCUT2D eigenvalue weighted by Crippen LogP contribution is 1.98. The van der Waals surface area contributed by atoms with Crippen molar-refractivity contribution >= 4 is 17.9 Å². The van der Waals surface area contributed by atoms with Crippen molar-refractivity contribution in [2.45, 2.75) is 38.0 Å². The number of nitrogens with one attached hydrogen (secondary N) is 4. The molecule has 0 aromatic heterocycles. The molecular weight excluding hydrogens is 270 g/mol. The van der Waals surface area contributed by atoms with Gasteiger partial charge in [0, 0.05) is 6.54 Å². The van der Waals surface area contributed by atoms with E-state index in [9.17, 15) is 14.7 Å². The van der Waals surface area contributed by atoms with Crippen molar-refractivity contribution < 1.29 is 24.9 Å². The second-order valence-corrected chi connectivity index (χ2v) is 4.22. The van der Waals surface area contributed by atoms with Crippen LogP contribution in [0.1, 0.15) is 19.8 Å². The predicted molar refractivity (Wildman–Crippen MR) is 70.0 cm³/mol. The van der Waals surface area contributed by atoms with Crippen LogP contribution in [0.5, 0.6) is 0 Å². The van der Waals surface area contributed by atoms with E-state index in [4.69, 9.17) is 21.4 Å². The van der Waals surface area contributed by atoms with Crippen LogP contribution in [-0.2, 0) is 9.59 Å². The fraction of sp³-hybridized carbons (Fsp3) is 0.700. The Morgan fingerprint density at radius 2 is 1.85 bits per heavy atom. The van der Waals surface area contributed by atoms with Crippen LogP contribution in [-0.4, -0.2) is 58.0 Å². The monoisotopic (exact) mass is 291 g/mol. The van der Waals surface area contributed by atoms with E-state index in [0.717, 1.165) is 0 Å². The summed E-state index contributed by atoms with van der Waals surface area (Å²) in [5.41, 5.74) is 9.72. The molecule has 0 saturated carbocycles. The highest BCUT2D eigenvalue weighted by Gasteiger charge is 2.25. The minimum Gasteiger partial charge on any atom is -0.480 e. The number of aliphatic hydroxyl groups is 1. The SMILES string of the molecule is C[C@@H](O)[C@H](NN[C@@H](CCCNC(=N)N)C(=O)O)C(=O)O. The van der Waals surface area contributed by atoms with Gasteiger partial charge in [-0.2, -0.15) is 0 Å². The van der Waals surface area contributed by atoms with Crippen molar-refractivity contribution in [3.05, 3.63) is 0 Å². The van der Waals surface area contributed by atoms with Crippen LogP contribution in [0.4, 0.5) is 0 Å². The normalized spacial score (nSPS) is 15.1. The van der Waals surface area contributed by atoms with E-state index in [0.29, 0.717) is 13.0 Å². The molecule has 9 N–H and O–H groups in total. The predicted octanol–water partition coefficient (Wildman–Crippen LogP) is -2.37. The van der Waals surface area contributed by atoms with Crippen molar-refractivity contribution in [2.75, 3.05) is 6.54 Å². The summed E-state index contributed by atoms with van der Waals surface area (Å²) in [5.74, 6) is -2.66. The van der Waals surface area contributed by atoms with Crippen molar-refractivity contribution in [3.8, 4) is 0 Å². The van der Waals surface area contributed by atoms with Gasteiger partial charge in [0.2, 0.25) is 0 Å². The zero-order valence-electron chi connectivity index (χ0n) is 11.1. The molecule has 3 atom stereocenters. The Kier molecular flexibility index (Phi) is 8.20. The molecule has 0 saturated heterocycles. The summed E-state index contributed by atoms with van der Waals surface area (Å²) in [7, 11) is 0. The van der Waals surface area contributed by atoms with Crippen molar-refractivity contribution in [1.82, 2.24) is 16.2 Å². The number of carboxylic acids is 2. The van der Waals surface area contributed by atoms with E-state index in [2.05, 4.69) is 16.2 Å². The molecule has 0 fully saturated rings. The van der Waals surface area contributed by atoms with E-state index in [1.54, 1.807) is 0 Å². The van der Waals surface area contributed by atoms with E-state index in [1.807, 2.05) is 0 Å². The molecule has 0 aliphatic carbocycles. The standard InChI is InChI=1S/C10H21N5O5/c1-5(16)7(9(19)20)15-14-6(8(17)18)3-2-4-13-10(11)12/h5-7,14-16H,2-4H2,1H3,(H,17,18)(H,19,20)(H4,11,12,13)/t5-,6+,7+/m1/s1. The molecule has 10 nitrogen and oxygen atoms in total. The molecule has 0 aliphatic heterocycles. The lowest BCUT2D eigenvalue weighted by molar-refractivity contribution is -0.145. The molecule has 0 heterocycles. The fourth-order valence-corrected chi connectivity index (χ4v) is 1.37. The van der Waals surface area contributed by atoms with Gasteiger partial charge in [-0.1, -0.05) is 0 Å². The number of aliphatic hydroxyl groups excluding tert-OH is 1. The maximum Gasteiger partial charge on any atom is 0.324 e. The minimum atomic E-state index is -1.31. The number of hydrogen-bond donors (Lipinski definition) is 8. The molecule has 0 aromatic carbocycles. The summed E-state index contributed by atoms with van der Waals surface area (Å²) in [6.07, 6.45) is -0.583. The van der Waals surface area contributed by atoms with Gasteiger partial charge >= 0.3 is 11.9 Å². The Hall–Kier alpha value is -1.91. The van der Waals surface area contributed by atoms with E-state index >= 15 is 0 Å². The van der Waals surface area contributed by atoms with Crippen LogP contribution in [0.2, 0.25) is 0 Å². The second-order valence-electron chi connectivity index (χ2n) is 4.22. The largest absolute Gasteiger partial charge is 0.480 e. The van der Waals surface area contributed by atoms with Gasteiger partial charge in [0.05, 0.1) is 6.10 Å². The summed E-state index contributed by atoms with van der Waals surface area (Å²) < 4.78 is 0. The Morgan fingerprint density at radius 3 is 2.25 bits per heavy atom. The topological polar surface area (TPSA) is 181 Å². The molecule has 0 aliphatic rings. The summed E-state index contributed by atoms with van der Waals surface area (Å²) in [5, 5.41) is 36.5. The first-order chi connectivity index (χ1) is 9.25. The van der Waals surface area contributed by atoms with Crippen molar-refractivity contribution in [1.29, 1.82) is 5.41 Å². The Labute approximate surface area is 115 Å². The zero-order chi connectivity index (χ0) is 15.7. The maximum atomic E-state index is 11.0. The molecule has 0 unspecified atom stereocenters. The number of hydrogen-bond acceptors (Lipinski definition) is 6. The third-order valence-corrected chi connectivity index (χ3v) is 2.44. The number of guanidine groups is 1. The van der Waals surface area contributed by atoms with E-state index in [1.165, 1.54) is 6.92 Å².